The summed E-state index contributed by atoms with van der Waals surface area (Å²) in [7, 11) is 0. The summed E-state index contributed by atoms with van der Waals surface area (Å²) in [6.07, 6.45) is 4.80. The number of ether oxygens (including phenoxy) is 1. The number of rotatable bonds is 9. The summed E-state index contributed by atoms with van der Waals surface area (Å²) in [4.78, 5) is 0. The maximum Gasteiger partial charge on any atom is 0.137 e. The van der Waals surface area contributed by atoms with Gasteiger partial charge in [-0.15, -0.1) is 0 Å². The van der Waals surface area contributed by atoms with Gasteiger partial charge in [-0.1, -0.05) is 50.4 Å². The average Bonchev–Trinajstić information content (AvgIpc) is 2.34. The lowest BCUT2D eigenvalue weighted by molar-refractivity contribution is 0.304. The van der Waals surface area contributed by atoms with Crippen LogP contribution in [0.15, 0.2) is 24.3 Å². The minimum Gasteiger partial charge on any atom is -0.492 e. The highest BCUT2D eigenvalue weighted by molar-refractivity contribution is 6.32. The van der Waals surface area contributed by atoms with Gasteiger partial charge in [0, 0.05) is 6.04 Å². The Morgan fingerprint density at radius 3 is 2.56 bits per heavy atom. The molecule has 1 aromatic carbocycles. The van der Waals surface area contributed by atoms with E-state index >= 15 is 0 Å². The normalized spacial score (nSPS) is 10.9. The van der Waals surface area contributed by atoms with Gasteiger partial charge in [-0.05, 0) is 31.5 Å². The quantitative estimate of drug-likeness (QED) is 0.676. The van der Waals surface area contributed by atoms with Crippen molar-refractivity contribution >= 4 is 11.6 Å². The summed E-state index contributed by atoms with van der Waals surface area (Å²) in [5, 5.41) is 4.11. The van der Waals surface area contributed by atoms with Gasteiger partial charge in [0.15, 0.2) is 0 Å². The topological polar surface area (TPSA) is 21.3 Å². The third kappa shape index (κ3) is 6.87. The summed E-state index contributed by atoms with van der Waals surface area (Å²) < 4.78 is 5.63. The van der Waals surface area contributed by atoms with Crippen molar-refractivity contribution in [2.24, 2.45) is 0 Å². The Hall–Kier alpha value is -0.730. The summed E-state index contributed by atoms with van der Waals surface area (Å²) in [5.74, 6) is 0.792. The van der Waals surface area contributed by atoms with E-state index in [1.165, 1.54) is 19.3 Å². The Kier molecular flexibility index (Phi) is 7.86. The van der Waals surface area contributed by atoms with Crippen LogP contribution in [-0.4, -0.2) is 19.2 Å². The molecule has 0 atom stereocenters. The molecule has 0 spiro atoms. The fraction of sp³-hybridized carbons (Fsp3) is 0.600. The molecule has 0 bridgehead atoms. The highest BCUT2D eigenvalue weighted by Crippen LogP contribution is 2.23. The molecule has 0 aromatic heterocycles. The van der Waals surface area contributed by atoms with Gasteiger partial charge in [-0.25, -0.2) is 0 Å². The highest BCUT2D eigenvalue weighted by Gasteiger charge is 1.99. The third-order valence-corrected chi connectivity index (χ3v) is 3.03. The lowest BCUT2D eigenvalue weighted by Gasteiger charge is -2.08. The SMILES string of the molecule is CC(C)NCCCCCCOc1ccccc1Cl. The van der Waals surface area contributed by atoms with Crippen molar-refractivity contribution in [3.05, 3.63) is 29.3 Å². The Labute approximate surface area is 116 Å². The van der Waals surface area contributed by atoms with E-state index in [0.29, 0.717) is 11.1 Å². The van der Waals surface area contributed by atoms with Crippen molar-refractivity contribution in [1.82, 2.24) is 5.32 Å². The van der Waals surface area contributed by atoms with Crippen LogP contribution < -0.4 is 10.1 Å². The van der Waals surface area contributed by atoms with Crippen LogP contribution >= 0.6 is 11.6 Å². The van der Waals surface area contributed by atoms with Crippen molar-refractivity contribution in [2.75, 3.05) is 13.2 Å². The molecule has 3 heteroatoms. The van der Waals surface area contributed by atoms with Crippen LogP contribution in [0.5, 0.6) is 5.75 Å². The van der Waals surface area contributed by atoms with E-state index in [2.05, 4.69) is 19.2 Å². The van der Waals surface area contributed by atoms with E-state index in [0.717, 1.165) is 25.3 Å². The van der Waals surface area contributed by atoms with E-state index in [1.807, 2.05) is 24.3 Å². The van der Waals surface area contributed by atoms with Gasteiger partial charge < -0.3 is 10.1 Å². The number of para-hydroxylation sites is 1. The van der Waals surface area contributed by atoms with Crippen molar-refractivity contribution < 1.29 is 4.74 Å². The fourth-order valence-corrected chi connectivity index (χ4v) is 1.91. The Morgan fingerprint density at radius 2 is 1.83 bits per heavy atom. The zero-order valence-corrected chi connectivity index (χ0v) is 12.2. The lowest BCUT2D eigenvalue weighted by atomic mass is 10.2. The van der Waals surface area contributed by atoms with Crippen LogP contribution in [0.4, 0.5) is 0 Å². The zero-order chi connectivity index (χ0) is 13.2. The van der Waals surface area contributed by atoms with Crippen molar-refractivity contribution in [1.29, 1.82) is 0 Å². The number of benzene rings is 1. The van der Waals surface area contributed by atoms with Crippen LogP contribution in [0.25, 0.3) is 0 Å². The largest absolute Gasteiger partial charge is 0.492 e. The monoisotopic (exact) mass is 269 g/mol. The van der Waals surface area contributed by atoms with Gasteiger partial charge >= 0.3 is 0 Å². The molecule has 0 unspecified atom stereocenters. The molecule has 1 aromatic rings. The second kappa shape index (κ2) is 9.23. The van der Waals surface area contributed by atoms with Crippen molar-refractivity contribution in [3.63, 3.8) is 0 Å². The molecule has 1 rings (SSSR count). The summed E-state index contributed by atoms with van der Waals surface area (Å²) >= 11 is 6.00. The molecule has 0 saturated carbocycles. The lowest BCUT2D eigenvalue weighted by Crippen LogP contribution is -2.23. The molecule has 0 aliphatic carbocycles. The first-order valence-corrected chi connectivity index (χ1v) is 7.18. The molecule has 0 aliphatic rings. The van der Waals surface area contributed by atoms with Gasteiger partial charge in [-0.2, -0.15) is 0 Å². The predicted octanol–water partition coefficient (Wildman–Crippen LogP) is 4.28. The van der Waals surface area contributed by atoms with Crippen LogP contribution in [0.3, 0.4) is 0 Å². The summed E-state index contributed by atoms with van der Waals surface area (Å²) in [6, 6.07) is 8.22. The standard InChI is InChI=1S/C15H24ClNO/c1-13(2)17-11-7-3-4-8-12-18-15-10-6-5-9-14(15)16/h5-6,9-10,13,17H,3-4,7-8,11-12H2,1-2H3. The molecule has 0 heterocycles. The van der Waals surface area contributed by atoms with Crippen molar-refractivity contribution in [3.8, 4) is 5.75 Å². The predicted molar refractivity (Wildman–Crippen MR) is 78.6 cm³/mol. The van der Waals surface area contributed by atoms with Gasteiger partial charge in [0.25, 0.3) is 0 Å². The molecule has 0 radical (unpaired) electrons. The highest BCUT2D eigenvalue weighted by atomic mass is 35.5. The van der Waals surface area contributed by atoms with Gasteiger partial charge in [0.05, 0.1) is 11.6 Å². The minimum absolute atomic E-state index is 0.591. The molecule has 0 amide bonds. The molecule has 1 N–H and O–H groups in total. The number of nitrogens with one attached hydrogen (secondary N) is 1. The summed E-state index contributed by atoms with van der Waals surface area (Å²) in [6.45, 7) is 6.22. The van der Waals surface area contributed by atoms with E-state index < -0.39 is 0 Å². The first-order valence-electron chi connectivity index (χ1n) is 6.81. The maximum absolute atomic E-state index is 6.00. The Balaban J connectivity index is 1.98. The van der Waals surface area contributed by atoms with Crippen LogP contribution in [0.1, 0.15) is 39.5 Å². The zero-order valence-electron chi connectivity index (χ0n) is 11.4. The Morgan fingerprint density at radius 1 is 1.11 bits per heavy atom. The molecule has 0 aliphatic heterocycles. The molecule has 102 valence electrons. The van der Waals surface area contributed by atoms with Gasteiger partial charge in [0.1, 0.15) is 5.75 Å². The first-order chi connectivity index (χ1) is 8.70. The molecule has 0 fully saturated rings. The molecular formula is C15H24ClNO. The van der Waals surface area contributed by atoms with E-state index in [-0.39, 0.29) is 0 Å². The third-order valence-electron chi connectivity index (χ3n) is 2.72. The second-order valence-electron chi connectivity index (χ2n) is 4.80. The van der Waals surface area contributed by atoms with Crippen LogP contribution in [0.2, 0.25) is 5.02 Å². The van der Waals surface area contributed by atoms with E-state index in [4.69, 9.17) is 16.3 Å². The Bertz CT molecular complexity index is 328. The van der Waals surface area contributed by atoms with Crippen LogP contribution in [0, 0.1) is 0 Å². The smallest absolute Gasteiger partial charge is 0.137 e. The molecule has 0 saturated heterocycles. The number of unbranched alkanes of at least 4 members (excludes halogenated alkanes) is 3. The number of halogens is 1. The van der Waals surface area contributed by atoms with Crippen molar-refractivity contribution in [2.45, 2.75) is 45.6 Å². The van der Waals surface area contributed by atoms with Gasteiger partial charge in [0.2, 0.25) is 0 Å². The average molecular weight is 270 g/mol. The maximum atomic E-state index is 6.00. The summed E-state index contributed by atoms with van der Waals surface area (Å²) in [5.41, 5.74) is 0. The van der Waals surface area contributed by atoms with E-state index in [1.54, 1.807) is 0 Å². The molecule has 18 heavy (non-hydrogen) atoms. The first kappa shape index (κ1) is 15.3. The number of hydrogen-bond donors (Lipinski definition) is 1. The minimum atomic E-state index is 0.591. The van der Waals surface area contributed by atoms with Gasteiger partial charge in [-0.3, -0.25) is 0 Å². The van der Waals surface area contributed by atoms with Crippen LogP contribution in [-0.2, 0) is 0 Å². The molecule has 2 nitrogen and oxygen atoms in total. The fourth-order valence-electron chi connectivity index (χ4n) is 1.72. The number of hydrogen-bond acceptors (Lipinski definition) is 2. The van der Waals surface area contributed by atoms with E-state index in [9.17, 15) is 0 Å². The molecular weight excluding hydrogens is 246 g/mol. The second-order valence-corrected chi connectivity index (χ2v) is 5.21.